The molecule has 0 aliphatic heterocycles. The summed E-state index contributed by atoms with van der Waals surface area (Å²) in [5, 5.41) is 5.40. The van der Waals surface area contributed by atoms with Crippen LogP contribution in [-0.4, -0.2) is 43.5 Å². The average molecular weight is 213 g/mol. The zero-order valence-corrected chi connectivity index (χ0v) is 9.38. The average Bonchev–Trinajstić information content (AvgIpc) is 2.66. The van der Waals surface area contributed by atoms with E-state index in [0.717, 1.165) is 12.8 Å². The molecule has 2 N–H and O–H groups in total. The van der Waals surface area contributed by atoms with E-state index in [1.807, 2.05) is 0 Å². The first-order valence-corrected chi connectivity index (χ1v) is 5.34. The van der Waals surface area contributed by atoms with Gasteiger partial charge < -0.3 is 15.5 Å². The number of urea groups is 1. The van der Waals surface area contributed by atoms with Gasteiger partial charge in [0.25, 0.3) is 0 Å². The summed E-state index contributed by atoms with van der Waals surface area (Å²) in [6.07, 6.45) is 4.47. The van der Waals surface area contributed by atoms with Gasteiger partial charge in [0.05, 0.1) is 6.54 Å². The molecule has 0 unspecified atom stereocenters. The van der Waals surface area contributed by atoms with Crippen LogP contribution in [0.25, 0.3) is 0 Å². The quantitative estimate of drug-likeness (QED) is 0.709. The Morgan fingerprint density at radius 1 is 1.27 bits per heavy atom. The third-order valence-electron chi connectivity index (χ3n) is 2.59. The predicted octanol–water partition coefficient (Wildman–Crippen LogP) is 0.316. The summed E-state index contributed by atoms with van der Waals surface area (Å²) in [5.41, 5.74) is 0. The Hall–Kier alpha value is -1.26. The summed E-state index contributed by atoms with van der Waals surface area (Å²) in [7, 11) is 3.33. The number of hydrogen-bond donors (Lipinski definition) is 2. The minimum atomic E-state index is -0.239. The van der Waals surface area contributed by atoms with Crippen molar-refractivity contribution in [2.75, 3.05) is 20.6 Å². The molecule has 1 aliphatic rings. The highest BCUT2D eigenvalue weighted by molar-refractivity contribution is 5.83. The van der Waals surface area contributed by atoms with Crippen molar-refractivity contribution in [3.63, 3.8) is 0 Å². The van der Waals surface area contributed by atoms with Gasteiger partial charge in [-0.25, -0.2) is 4.79 Å². The molecule has 0 saturated heterocycles. The zero-order chi connectivity index (χ0) is 11.3. The van der Waals surface area contributed by atoms with E-state index in [9.17, 15) is 9.59 Å². The molecule has 0 atom stereocenters. The summed E-state index contributed by atoms with van der Waals surface area (Å²) in [4.78, 5) is 24.0. The molecular formula is C10H19N3O2. The molecule has 5 heteroatoms. The molecule has 0 heterocycles. The Morgan fingerprint density at radius 3 is 2.40 bits per heavy atom. The van der Waals surface area contributed by atoms with Gasteiger partial charge in [0.15, 0.2) is 0 Å². The van der Waals surface area contributed by atoms with Gasteiger partial charge in [0.2, 0.25) is 5.91 Å². The molecule has 15 heavy (non-hydrogen) atoms. The first-order chi connectivity index (χ1) is 7.09. The topological polar surface area (TPSA) is 61.4 Å². The highest BCUT2D eigenvalue weighted by Gasteiger charge is 2.17. The maximum absolute atomic E-state index is 11.3. The van der Waals surface area contributed by atoms with Crippen LogP contribution in [0.1, 0.15) is 25.7 Å². The van der Waals surface area contributed by atoms with Crippen LogP contribution in [0.3, 0.4) is 0 Å². The smallest absolute Gasteiger partial charge is 0.315 e. The third kappa shape index (κ3) is 4.18. The standard InChI is InChI=1S/C10H19N3O2/c1-13(2)9(14)7-11-10(15)12-8-5-3-4-6-8/h8H,3-7H2,1-2H3,(H2,11,12,15). The van der Waals surface area contributed by atoms with Crippen molar-refractivity contribution >= 4 is 11.9 Å². The van der Waals surface area contributed by atoms with E-state index < -0.39 is 0 Å². The fourth-order valence-electron chi connectivity index (χ4n) is 1.62. The van der Waals surface area contributed by atoms with Crippen molar-refractivity contribution in [1.82, 2.24) is 15.5 Å². The van der Waals surface area contributed by atoms with Crippen molar-refractivity contribution in [3.8, 4) is 0 Å². The normalized spacial score (nSPS) is 16.1. The molecule has 0 spiro atoms. The third-order valence-corrected chi connectivity index (χ3v) is 2.59. The maximum atomic E-state index is 11.3. The molecule has 1 saturated carbocycles. The fourth-order valence-corrected chi connectivity index (χ4v) is 1.62. The number of nitrogens with zero attached hydrogens (tertiary/aromatic N) is 1. The van der Waals surface area contributed by atoms with E-state index in [1.165, 1.54) is 17.7 Å². The van der Waals surface area contributed by atoms with E-state index in [4.69, 9.17) is 0 Å². The lowest BCUT2D eigenvalue weighted by Gasteiger charge is -2.14. The SMILES string of the molecule is CN(C)C(=O)CNC(=O)NC1CCCC1. The van der Waals surface area contributed by atoms with E-state index in [2.05, 4.69) is 10.6 Å². The number of carbonyl (C=O) groups excluding carboxylic acids is 2. The minimum absolute atomic E-state index is 0.0611. The summed E-state index contributed by atoms with van der Waals surface area (Å²) in [6, 6.07) is 0.0524. The molecule has 1 rings (SSSR count). The molecule has 5 nitrogen and oxygen atoms in total. The minimum Gasteiger partial charge on any atom is -0.347 e. The summed E-state index contributed by atoms with van der Waals surface area (Å²) in [5.74, 6) is -0.100. The van der Waals surface area contributed by atoms with Crippen molar-refractivity contribution in [2.24, 2.45) is 0 Å². The second kappa shape index (κ2) is 5.58. The van der Waals surface area contributed by atoms with Crippen LogP contribution >= 0.6 is 0 Å². The van der Waals surface area contributed by atoms with Crippen LogP contribution < -0.4 is 10.6 Å². The number of amides is 3. The van der Waals surface area contributed by atoms with Crippen molar-refractivity contribution in [1.29, 1.82) is 0 Å². The van der Waals surface area contributed by atoms with Crippen molar-refractivity contribution < 1.29 is 9.59 Å². The Morgan fingerprint density at radius 2 is 1.87 bits per heavy atom. The molecule has 1 aliphatic carbocycles. The highest BCUT2D eigenvalue weighted by Crippen LogP contribution is 2.17. The van der Waals surface area contributed by atoms with E-state index in [1.54, 1.807) is 14.1 Å². The van der Waals surface area contributed by atoms with Gasteiger partial charge in [-0.1, -0.05) is 12.8 Å². The van der Waals surface area contributed by atoms with Gasteiger partial charge in [-0.3, -0.25) is 4.79 Å². The number of hydrogen-bond acceptors (Lipinski definition) is 2. The van der Waals surface area contributed by atoms with Crippen LogP contribution in [0.4, 0.5) is 4.79 Å². The molecular weight excluding hydrogens is 194 g/mol. The van der Waals surface area contributed by atoms with Crippen molar-refractivity contribution in [3.05, 3.63) is 0 Å². The predicted molar refractivity (Wildman–Crippen MR) is 57.5 cm³/mol. The van der Waals surface area contributed by atoms with E-state index in [-0.39, 0.29) is 18.5 Å². The second-order valence-corrected chi connectivity index (χ2v) is 4.10. The van der Waals surface area contributed by atoms with Gasteiger partial charge in [-0.15, -0.1) is 0 Å². The van der Waals surface area contributed by atoms with Crippen LogP contribution in [0, 0.1) is 0 Å². The summed E-state index contributed by atoms with van der Waals surface area (Å²) >= 11 is 0. The Bertz CT molecular complexity index is 235. The van der Waals surface area contributed by atoms with Gasteiger partial charge in [0.1, 0.15) is 0 Å². The summed E-state index contributed by atoms with van der Waals surface area (Å²) < 4.78 is 0. The van der Waals surface area contributed by atoms with Crippen LogP contribution in [-0.2, 0) is 4.79 Å². The molecule has 0 aromatic carbocycles. The molecule has 3 amide bonds. The Kier molecular flexibility index (Phi) is 4.39. The van der Waals surface area contributed by atoms with Gasteiger partial charge >= 0.3 is 6.03 Å². The molecule has 0 radical (unpaired) electrons. The lowest BCUT2D eigenvalue weighted by Crippen LogP contribution is -2.44. The number of carbonyl (C=O) groups is 2. The van der Waals surface area contributed by atoms with Gasteiger partial charge in [-0.2, -0.15) is 0 Å². The number of nitrogens with one attached hydrogen (secondary N) is 2. The molecule has 1 fully saturated rings. The molecule has 86 valence electrons. The lowest BCUT2D eigenvalue weighted by molar-refractivity contribution is -0.127. The number of rotatable bonds is 3. The van der Waals surface area contributed by atoms with Gasteiger partial charge in [-0.05, 0) is 12.8 Å². The Balaban J connectivity index is 2.15. The molecule has 0 aromatic heterocycles. The number of likely N-dealkylation sites (N-methyl/N-ethyl adjacent to an activating group) is 1. The van der Waals surface area contributed by atoms with Crippen LogP contribution in [0.5, 0.6) is 0 Å². The van der Waals surface area contributed by atoms with E-state index >= 15 is 0 Å². The lowest BCUT2D eigenvalue weighted by atomic mass is 10.2. The van der Waals surface area contributed by atoms with Crippen LogP contribution in [0.15, 0.2) is 0 Å². The monoisotopic (exact) mass is 213 g/mol. The largest absolute Gasteiger partial charge is 0.347 e. The molecule has 0 aromatic rings. The van der Waals surface area contributed by atoms with Crippen LogP contribution in [0.2, 0.25) is 0 Å². The Labute approximate surface area is 90.2 Å². The second-order valence-electron chi connectivity index (χ2n) is 4.10. The maximum Gasteiger partial charge on any atom is 0.315 e. The first kappa shape index (κ1) is 11.8. The molecule has 0 bridgehead atoms. The summed E-state index contributed by atoms with van der Waals surface area (Å²) in [6.45, 7) is 0.0611. The van der Waals surface area contributed by atoms with Crippen molar-refractivity contribution in [2.45, 2.75) is 31.7 Å². The highest BCUT2D eigenvalue weighted by atomic mass is 16.2. The van der Waals surface area contributed by atoms with Gasteiger partial charge in [0, 0.05) is 20.1 Å². The fraction of sp³-hybridized carbons (Fsp3) is 0.800. The first-order valence-electron chi connectivity index (χ1n) is 5.34. The van der Waals surface area contributed by atoms with E-state index in [0.29, 0.717) is 6.04 Å². The zero-order valence-electron chi connectivity index (χ0n) is 9.38.